The third kappa shape index (κ3) is 5.98. The van der Waals surface area contributed by atoms with Crippen molar-refractivity contribution in [3.05, 3.63) is 23.3 Å². The van der Waals surface area contributed by atoms with E-state index in [1.807, 2.05) is 13.8 Å². The average Bonchev–Trinajstić information content (AvgIpc) is 2.52. The van der Waals surface area contributed by atoms with Crippen molar-refractivity contribution >= 4 is 28.9 Å². The largest absolute Gasteiger partial charge is 0.492 e. The summed E-state index contributed by atoms with van der Waals surface area (Å²) < 4.78 is 21.5. The maximum absolute atomic E-state index is 11.6. The highest BCUT2D eigenvalue weighted by Crippen LogP contribution is 2.43. The Hall–Kier alpha value is -2.21. The summed E-state index contributed by atoms with van der Waals surface area (Å²) in [5.74, 6) is 0.629. The second-order valence-corrected chi connectivity index (χ2v) is 5.72. The Morgan fingerprint density at radius 1 is 1.20 bits per heavy atom. The van der Waals surface area contributed by atoms with E-state index >= 15 is 0 Å². The molecule has 25 heavy (non-hydrogen) atoms. The number of carbonyl (C=O) groups excluding carboxylic acids is 2. The van der Waals surface area contributed by atoms with Gasteiger partial charge in [-0.25, -0.2) is 4.79 Å². The molecule has 0 aliphatic rings. The fourth-order valence-corrected chi connectivity index (χ4v) is 2.38. The van der Waals surface area contributed by atoms with E-state index in [0.717, 1.165) is 0 Å². The van der Waals surface area contributed by atoms with Crippen LogP contribution in [0.3, 0.4) is 0 Å². The Morgan fingerprint density at radius 2 is 1.84 bits per heavy atom. The average molecular weight is 371 g/mol. The second-order valence-electron chi connectivity index (χ2n) is 5.30. The zero-order valence-electron chi connectivity index (χ0n) is 15.1. The van der Waals surface area contributed by atoms with Crippen LogP contribution >= 0.6 is 11.6 Å². The molecule has 1 rings (SSSR count). The summed E-state index contributed by atoms with van der Waals surface area (Å²) >= 11 is 5.56. The number of ether oxygens (including phenoxy) is 4. The zero-order valence-corrected chi connectivity index (χ0v) is 15.8. The second kappa shape index (κ2) is 9.93. The first-order chi connectivity index (χ1) is 11.8. The highest BCUT2D eigenvalue weighted by atomic mass is 35.5. The van der Waals surface area contributed by atoms with Crippen molar-refractivity contribution in [1.29, 1.82) is 0 Å². The third-order valence-corrected chi connectivity index (χ3v) is 3.23. The Balaban J connectivity index is 3.53. The van der Waals surface area contributed by atoms with Gasteiger partial charge in [-0.05, 0) is 50.1 Å². The first-order valence-corrected chi connectivity index (χ1v) is 8.19. The lowest BCUT2D eigenvalue weighted by molar-refractivity contribution is -0.137. The fraction of sp³-hybridized carbons (Fsp3) is 0.444. The van der Waals surface area contributed by atoms with Gasteiger partial charge in [-0.1, -0.05) is 0 Å². The number of halogens is 1. The van der Waals surface area contributed by atoms with E-state index < -0.39 is 11.2 Å². The van der Waals surface area contributed by atoms with Gasteiger partial charge in [0.2, 0.25) is 11.0 Å². The SMILES string of the molecule is CCOC(=O)/C=C/c1c(CC(=O)Cl)cc(OC(C)C)c(OC)c1OC. The monoisotopic (exact) mass is 370 g/mol. The lowest BCUT2D eigenvalue weighted by Crippen LogP contribution is -2.10. The lowest BCUT2D eigenvalue weighted by atomic mass is 10.0. The van der Waals surface area contributed by atoms with Gasteiger partial charge in [0.15, 0.2) is 11.5 Å². The predicted molar refractivity (Wildman–Crippen MR) is 95.5 cm³/mol. The van der Waals surface area contributed by atoms with Gasteiger partial charge < -0.3 is 18.9 Å². The molecular weight excluding hydrogens is 348 g/mol. The van der Waals surface area contributed by atoms with Crippen LogP contribution in [0.4, 0.5) is 0 Å². The Bertz CT molecular complexity index is 651. The van der Waals surface area contributed by atoms with E-state index in [2.05, 4.69) is 0 Å². The van der Waals surface area contributed by atoms with Crippen molar-refractivity contribution in [2.45, 2.75) is 33.3 Å². The summed E-state index contributed by atoms with van der Waals surface area (Å²) in [4.78, 5) is 23.0. The number of hydrogen-bond acceptors (Lipinski definition) is 6. The number of rotatable bonds is 9. The molecule has 0 bridgehead atoms. The molecule has 0 aromatic heterocycles. The standard InChI is InChI=1S/C18H23ClO6/c1-6-24-16(21)8-7-13-12(10-15(19)20)9-14(25-11(2)3)18(23-5)17(13)22-4/h7-9,11H,6,10H2,1-5H3/b8-7+. The van der Waals surface area contributed by atoms with Gasteiger partial charge in [0.1, 0.15) is 0 Å². The summed E-state index contributed by atoms with van der Waals surface area (Å²) in [6.07, 6.45) is 2.59. The van der Waals surface area contributed by atoms with Crippen LogP contribution in [0.15, 0.2) is 12.1 Å². The quantitative estimate of drug-likeness (QED) is 0.377. The van der Waals surface area contributed by atoms with Crippen molar-refractivity contribution in [3.8, 4) is 17.2 Å². The molecule has 0 fully saturated rings. The van der Waals surface area contributed by atoms with Gasteiger partial charge in [0, 0.05) is 18.1 Å². The predicted octanol–water partition coefficient (Wildman–Crippen LogP) is 3.38. The van der Waals surface area contributed by atoms with E-state index in [4.69, 9.17) is 30.5 Å². The molecule has 0 heterocycles. The van der Waals surface area contributed by atoms with Crippen LogP contribution in [0, 0.1) is 0 Å². The minimum Gasteiger partial charge on any atom is -0.492 e. The maximum atomic E-state index is 11.6. The van der Waals surface area contributed by atoms with E-state index in [-0.39, 0.29) is 19.1 Å². The van der Waals surface area contributed by atoms with Gasteiger partial charge in [0.25, 0.3) is 0 Å². The normalized spacial score (nSPS) is 10.8. The lowest BCUT2D eigenvalue weighted by Gasteiger charge is -2.20. The van der Waals surface area contributed by atoms with Crippen molar-refractivity contribution in [3.63, 3.8) is 0 Å². The minimum atomic E-state index is -0.548. The maximum Gasteiger partial charge on any atom is 0.330 e. The summed E-state index contributed by atoms with van der Waals surface area (Å²) in [5, 5.41) is -0.548. The molecule has 0 radical (unpaired) electrons. The molecule has 0 aliphatic carbocycles. The summed E-state index contributed by atoms with van der Waals surface area (Å²) in [7, 11) is 2.95. The Labute approximate surface area is 152 Å². The van der Waals surface area contributed by atoms with E-state index in [0.29, 0.717) is 28.4 Å². The summed E-state index contributed by atoms with van der Waals surface area (Å²) in [6, 6.07) is 1.66. The molecule has 0 saturated heterocycles. The molecule has 138 valence electrons. The molecule has 0 atom stereocenters. The van der Waals surface area contributed by atoms with Crippen LogP contribution in [0.5, 0.6) is 17.2 Å². The third-order valence-electron chi connectivity index (χ3n) is 3.10. The Kier molecular flexibility index (Phi) is 8.28. The van der Waals surface area contributed by atoms with Crippen LogP contribution in [-0.4, -0.2) is 38.1 Å². The van der Waals surface area contributed by atoms with E-state index in [1.54, 1.807) is 13.0 Å². The molecule has 1 aromatic rings. The molecule has 7 heteroatoms. The molecule has 0 saturated carbocycles. The van der Waals surface area contributed by atoms with Crippen molar-refractivity contribution in [2.24, 2.45) is 0 Å². The van der Waals surface area contributed by atoms with E-state index in [1.165, 1.54) is 26.4 Å². The first-order valence-electron chi connectivity index (χ1n) is 7.81. The van der Waals surface area contributed by atoms with Gasteiger partial charge in [-0.3, -0.25) is 4.79 Å². The smallest absolute Gasteiger partial charge is 0.330 e. The van der Waals surface area contributed by atoms with E-state index in [9.17, 15) is 9.59 Å². The van der Waals surface area contributed by atoms with Crippen molar-refractivity contribution in [1.82, 2.24) is 0 Å². The van der Waals surface area contributed by atoms with Crippen LogP contribution in [0.2, 0.25) is 0 Å². The topological polar surface area (TPSA) is 71.1 Å². The summed E-state index contributed by atoms with van der Waals surface area (Å²) in [6.45, 7) is 5.71. The van der Waals surface area contributed by atoms with Crippen molar-refractivity contribution < 1.29 is 28.5 Å². The molecule has 0 aliphatic heterocycles. The van der Waals surface area contributed by atoms with Crippen LogP contribution in [-0.2, 0) is 20.7 Å². The van der Waals surface area contributed by atoms with Gasteiger partial charge >= 0.3 is 5.97 Å². The molecule has 0 spiro atoms. The van der Waals surface area contributed by atoms with Gasteiger partial charge in [0.05, 0.1) is 26.9 Å². The molecule has 6 nitrogen and oxygen atoms in total. The number of esters is 1. The van der Waals surface area contributed by atoms with Crippen LogP contribution < -0.4 is 14.2 Å². The highest BCUT2D eigenvalue weighted by Gasteiger charge is 2.21. The highest BCUT2D eigenvalue weighted by molar-refractivity contribution is 6.63. The molecular formula is C18H23ClO6. The van der Waals surface area contributed by atoms with Crippen LogP contribution in [0.1, 0.15) is 31.9 Å². The number of benzene rings is 1. The first kappa shape index (κ1) is 20.8. The molecule has 0 amide bonds. The molecule has 1 aromatic carbocycles. The van der Waals surface area contributed by atoms with Gasteiger partial charge in [-0.2, -0.15) is 0 Å². The minimum absolute atomic E-state index is 0.0567. The van der Waals surface area contributed by atoms with Crippen molar-refractivity contribution in [2.75, 3.05) is 20.8 Å². The Morgan fingerprint density at radius 3 is 2.32 bits per heavy atom. The van der Waals surface area contributed by atoms with Crippen LogP contribution in [0.25, 0.3) is 6.08 Å². The number of carbonyl (C=O) groups is 2. The zero-order chi connectivity index (χ0) is 19.0. The molecule has 0 N–H and O–H groups in total. The number of hydrogen-bond donors (Lipinski definition) is 0. The molecule has 0 unspecified atom stereocenters. The number of methoxy groups -OCH3 is 2. The fourth-order valence-electron chi connectivity index (χ4n) is 2.24. The summed E-state index contributed by atoms with van der Waals surface area (Å²) in [5.41, 5.74) is 1.05. The van der Waals surface area contributed by atoms with Gasteiger partial charge in [-0.15, -0.1) is 0 Å².